The Morgan fingerprint density at radius 2 is 1.94 bits per heavy atom. The highest BCUT2D eigenvalue weighted by molar-refractivity contribution is 5.72. The summed E-state index contributed by atoms with van der Waals surface area (Å²) in [5.41, 5.74) is 6.61. The molecule has 0 fully saturated rings. The minimum Gasteiger partial charge on any atom is -0.358 e. The summed E-state index contributed by atoms with van der Waals surface area (Å²) in [6.07, 6.45) is 1.02. The molecule has 0 aliphatic rings. The van der Waals surface area contributed by atoms with E-state index in [0.29, 0.717) is 0 Å². The SMILES string of the molecule is CCc1c(C)[nH]c(-c2ccccc2C#N)c1C. The number of hydrogen-bond acceptors (Lipinski definition) is 1. The van der Waals surface area contributed by atoms with Crippen LogP contribution in [0.1, 0.15) is 29.3 Å². The lowest BCUT2D eigenvalue weighted by Gasteiger charge is -2.03. The van der Waals surface area contributed by atoms with Crippen molar-refractivity contribution >= 4 is 0 Å². The molecule has 0 amide bonds. The molecule has 2 heteroatoms. The van der Waals surface area contributed by atoms with Gasteiger partial charge in [0, 0.05) is 11.3 Å². The molecule has 2 rings (SSSR count). The maximum Gasteiger partial charge on any atom is 0.0998 e. The van der Waals surface area contributed by atoms with Crippen LogP contribution in [-0.4, -0.2) is 4.98 Å². The van der Waals surface area contributed by atoms with Crippen LogP contribution >= 0.6 is 0 Å². The van der Waals surface area contributed by atoms with Gasteiger partial charge < -0.3 is 4.98 Å². The molecule has 1 N–H and O–H groups in total. The highest BCUT2D eigenvalue weighted by atomic mass is 14.7. The van der Waals surface area contributed by atoms with Crippen LogP contribution in [-0.2, 0) is 6.42 Å². The van der Waals surface area contributed by atoms with Gasteiger partial charge in [-0.2, -0.15) is 5.26 Å². The van der Waals surface area contributed by atoms with Crippen molar-refractivity contribution < 1.29 is 0 Å². The van der Waals surface area contributed by atoms with Gasteiger partial charge >= 0.3 is 0 Å². The van der Waals surface area contributed by atoms with Crippen molar-refractivity contribution in [1.82, 2.24) is 4.98 Å². The Bertz CT molecular complexity index is 585. The number of nitrogens with zero attached hydrogens (tertiary/aromatic N) is 1. The van der Waals surface area contributed by atoms with Crippen LogP contribution in [0.2, 0.25) is 0 Å². The Balaban J connectivity index is 2.66. The maximum absolute atomic E-state index is 9.14. The first-order chi connectivity index (χ1) is 8.19. The smallest absolute Gasteiger partial charge is 0.0998 e. The van der Waals surface area contributed by atoms with Crippen molar-refractivity contribution in [3.63, 3.8) is 0 Å². The predicted molar refractivity (Wildman–Crippen MR) is 69.8 cm³/mol. The quantitative estimate of drug-likeness (QED) is 0.829. The van der Waals surface area contributed by atoms with Crippen LogP contribution in [0, 0.1) is 25.2 Å². The van der Waals surface area contributed by atoms with E-state index in [1.54, 1.807) is 0 Å². The lowest BCUT2D eigenvalue weighted by molar-refractivity contribution is 1.08. The topological polar surface area (TPSA) is 39.6 Å². The first kappa shape index (κ1) is 11.5. The Morgan fingerprint density at radius 3 is 2.53 bits per heavy atom. The molecule has 0 aliphatic carbocycles. The van der Waals surface area contributed by atoms with Crippen molar-refractivity contribution in [3.05, 3.63) is 46.6 Å². The molecule has 0 atom stereocenters. The van der Waals surface area contributed by atoms with Gasteiger partial charge in [-0.25, -0.2) is 0 Å². The Kier molecular flexibility index (Phi) is 3.01. The summed E-state index contributed by atoms with van der Waals surface area (Å²) in [5, 5.41) is 9.14. The van der Waals surface area contributed by atoms with E-state index in [4.69, 9.17) is 5.26 Å². The standard InChI is InChI=1S/C15H16N2/c1-4-13-10(2)15(17-11(13)3)14-8-6-5-7-12(14)9-16/h5-8,17H,4H2,1-3H3. The molecule has 0 spiro atoms. The van der Waals surface area contributed by atoms with Gasteiger partial charge in [-0.1, -0.05) is 25.1 Å². The summed E-state index contributed by atoms with van der Waals surface area (Å²) in [6, 6.07) is 9.97. The number of benzene rings is 1. The van der Waals surface area contributed by atoms with E-state index in [1.165, 1.54) is 16.8 Å². The zero-order valence-electron chi connectivity index (χ0n) is 10.5. The number of aromatic amines is 1. The molecule has 2 nitrogen and oxygen atoms in total. The Morgan fingerprint density at radius 1 is 1.24 bits per heavy atom. The average Bonchev–Trinajstić information content (AvgIpc) is 2.64. The number of hydrogen-bond donors (Lipinski definition) is 1. The monoisotopic (exact) mass is 224 g/mol. The highest BCUT2D eigenvalue weighted by Gasteiger charge is 2.13. The summed E-state index contributed by atoms with van der Waals surface area (Å²) in [4.78, 5) is 3.40. The van der Waals surface area contributed by atoms with Gasteiger partial charge in [-0.15, -0.1) is 0 Å². The van der Waals surface area contributed by atoms with Gasteiger partial charge in [0.05, 0.1) is 17.3 Å². The molecule has 0 saturated carbocycles. The fourth-order valence-electron chi connectivity index (χ4n) is 2.39. The molecule has 17 heavy (non-hydrogen) atoms. The number of nitrogens with one attached hydrogen (secondary N) is 1. The lowest BCUT2D eigenvalue weighted by Crippen LogP contribution is -1.87. The fraction of sp³-hybridized carbons (Fsp3) is 0.267. The minimum atomic E-state index is 0.722. The molecule has 1 aromatic carbocycles. The van der Waals surface area contributed by atoms with Crippen LogP contribution in [0.15, 0.2) is 24.3 Å². The second-order valence-corrected chi connectivity index (χ2v) is 4.24. The average molecular weight is 224 g/mol. The van der Waals surface area contributed by atoms with E-state index < -0.39 is 0 Å². The Hall–Kier alpha value is -2.01. The normalized spacial score (nSPS) is 10.2. The molecule has 0 aliphatic heterocycles. The fourth-order valence-corrected chi connectivity index (χ4v) is 2.39. The first-order valence-electron chi connectivity index (χ1n) is 5.86. The number of aromatic nitrogens is 1. The van der Waals surface area contributed by atoms with Gasteiger partial charge in [0.1, 0.15) is 0 Å². The summed E-state index contributed by atoms with van der Waals surface area (Å²) < 4.78 is 0. The molecular formula is C15H16N2. The molecule has 86 valence electrons. The summed E-state index contributed by atoms with van der Waals surface area (Å²) in [7, 11) is 0. The van der Waals surface area contributed by atoms with Gasteiger partial charge in [-0.05, 0) is 37.5 Å². The number of rotatable bonds is 2. The summed E-state index contributed by atoms with van der Waals surface area (Å²) >= 11 is 0. The zero-order valence-corrected chi connectivity index (χ0v) is 10.5. The Labute approximate surface area is 102 Å². The van der Waals surface area contributed by atoms with Crippen LogP contribution in [0.25, 0.3) is 11.3 Å². The van der Waals surface area contributed by atoms with Crippen LogP contribution in [0.3, 0.4) is 0 Å². The van der Waals surface area contributed by atoms with Gasteiger partial charge in [0.2, 0.25) is 0 Å². The molecule has 2 aromatic rings. The van der Waals surface area contributed by atoms with Gasteiger partial charge in [-0.3, -0.25) is 0 Å². The third-order valence-corrected chi connectivity index (χ3v) is 3.26. The molecule has 1 heterocycles. The predicted octanol–water partition coefficient (Wildman–Crippen LogP) is 3.73. The van der Waals surface area contributed by atoms with E-state index in [9.17, 15) is 0 Å². The van der Waals surface area contributed by atoms with E-state index in [2.05, 4.69) is 31.8 Å². The van der Waals surface area contributed by atoms with Crippen molar-refractivity contribution in [1.29, 1.82) is 5.26 Å². The van der Waals surface area contributed by atoms with E-state index in [1.807, 2.05) is 24.3 Å². The number of nitriles is 1. The van der Waals surface area contributed by atoms with Crippen LogP contribution in [0.4, 0.5) is 0 Å². The third kappa shape index (κ3) is 1.85. The molecule has 1 aromatic heterocycles. The lowest BCUT2D eigenvalue weighted by atomic mass is 10.0. The van der Waals surface area contributed by atoms with Crippen molar-refractivity contribution in [2.24, 2.45) is 0 Å². The number of H-pyrrole nitrogens is 1. The second-order valence-electron chi connectivity index (χ2n) is 4.24. The number of aryl methyl sites for hydroxylation is 1. The minimum absolute atomic E-state index is 0.722. The summed E-state index contributed by atoms with van der Waals surface area (Å²) in [5.74, 6) is 0. The van der Waals surface area contributed by atoms with Crippen molar-refractivity contribution in [3.8, 4) is 17.3 Å². The second kappa shape index (κ2) is 4.47. The van der Waals surface area contributed by atoms with Crippen molar-refractivity contribution in [2.75, 3.05) is 0 Å². The van der Waals surface area contributed by atoms with E-state index in [0.717, 1.165) is 23.2 Å². The van der Waals surface area contributed by atoms with Crippen LogP contribution < -0.4 is 0 Å². The first-order valence-corrected chi connectivity index (χ1v) is 5.86. The molecule has 0 saturated heterocycles. The molecule has 0 radical (unpaired) electrons. The van der Waals surface area contributed by atoms with Gasteiger partial charge in [0.25, 0.3) is 0 Å². The zero-order chi connectivity index (χ0) is 12.4. The van der Waals surface area contributed by atoms with Gasteiger partial charge in [0.15, 0.2) is 0 Å². The maximum atomic E-state index is 9.14. The van der Waals surface area contributed by atoms with Crippen LogP contribution in [0.5, 0.6) is 0 Å². The van der Waals surface area contributed by atoms with E-state index in [-0.39, 0.29) is 0 Å². The third-order valence-electron chi connectivity index (χ3n) is 3.26. The summed E-state index contributed by atoms with van der Waals surface area (Å²) in [6.45, 7) is 6.36. The molecule has 0 bridgehead atoms. The molecular weight excluding hydrogens is 208 g/mol. The highest BCUT2D eigenvalue weighted by Crippen LogP contribution is 2.29. The molecule has 0 unspecified atom stereocenters. The van der Waals surface area contributed by atoms with Crippen molar-refractivity contribution in [2.45, 2.75) is 27.2 Å². The largest absolute Gasteiger partial charge is 0.358 e. The van der Waals surface area contributed by atoms with E-state index >= 15 is 0 Å².